The Morgan fingerprint density at radius 3 is 2.45 bits per heavy atom. The monoisotopic (exact) mass is 300 g/mol. The molecule has 0 aliphatic carbocycles. The van der Waals surface area contributed by atoms with Gasteiger partial charge in [0.15, 0.2) is 0 Å². The molecule has 1 aromatic rings. The minimum Gasteiger partial charge on any atom is -0.342 e. The van der Waals surface area contributed by atoms with E-state index in [1.165, 1.54) is 0 Å². The maximum absolute atomic E-state index is 12.6. The van der Waals surface area contributed by atoms with Crippen LogP contribution in [0.1, 0.15) is 36.5 Å². The first-order chi connectivity index (χ1) is 10.6. The van der Waals surface area contributed by atoms with Crippen molar-refractivity contribution < 1.29 is 9.59 Å². The molecule has 1 aromatic carbocycles. The van der Waals surface area contributed by atoms with Crippen molar-refractivity contribution in [1.82, 2.24) is 9.80 Å². The average molecular weight is 300 g/mol. The van der Waals surface area contributed by atoms with Gasteiger partial charge in [0.25, 0.3) is 5.91 Å². The van der Waals surface area contributed by atoms with Crippen LogP contribution in [-0.4, -0.2) is 47.8 Å². The van der Waals surface area contributed by atoms with E-state index < -0.39 is 0 Å². The predicted octanol–water partition coefficient (Wildman–Crippen LogP) is 2.41. The van der Waals surface area contributed by atoms with E-state index in [1.807, 2.05) is 40.1 Å². The van der Waals surface area contributed by atoms with Gasteiger partial charge in [0.2, 0.25) is 5.91 Å². The fraction of sp³-hybridized carbons (Fsp3) is 0.556. The molecule has 2 unspecified atom stereocenters. The molecule has 2 saturated heterocycles. The van der Waals surface area contributed by atoms with Crippen LogP contribution >= 0.6 is 0 Å². The number of carbonyl (C=O) groups is 2. The van der Waals surface area contributed by atoms with Gasteiger partial charge in [0.1, 0.15) is 0 Å². The molecule has 2 atom stereocenters. The third-order valence-corrected chi connectivity index (χ3v) is 4.81. The largest absolute Gasteiger partial charge is 0.342 e. The molecular weight excluding hydrogens is 276 g/mol. The molecule has 0 N–H and O–H groups in total. The Hall–Kier alpha value is -1.84. The van der Waals surface area contributed by atoms with Gasteiger partial charge in [-0.05, 0) is 37.3 Å². The summed E-state index contributed by atoms with van der Waals surface area (Å²) in [5.74, 6) is 0.879. The molecule has 0 spiro atoms. The van der Waals surface area contributed by atoms with E-state index in [0.29, 0.717) is 18.0 Å². The Kier molecular flexibility index (Phi) is 4.46. The number of nitrogens with zero attached hydrogens (tertiary/aromatic N) is 2. The van der Waals surface area contributed by atoms with Crippen LogP contribution in [-0.2, 0) is 4.79 Å². The summed E-state index contributed by atoms with van der Waals surface area (Å²) in [4.78, 5) is 29.0. The molecule has 118 valence electrons. The number of carbonyl (C=O) groups excluding carboxylic acids is 2. The standard InChI is InChI=1S/C18H24N2O2/c1-14-9-11-20(12-14)18(22)16-8-5-10-19(13-16)17(21)15-6-3-2-4-7-15/h2-4,6-7,14,16H,5,8-13H2,1H3. The number of amides is 2. The first kappa shape index (κ1) is 15.1. The van der Waals surface area contributed by atoms with Crippen LogP contribution in [0.15, 0.2) is 30.3 Å². The lowest BCUT2D eigenvalue weighted by Gasteiger charge is -2.34. The topological polar surface area (TPSA) is 40.6 Å². The van der Waals surface area contributed by atoms with E-state index in [1.54, 1.807) is 0 Å². The summed E-state index contributed by atoms with van der Waals surface area (Å²) < 4.78 is 0. The molecule has 0 saturated carbocycles. The van der Waals surface area contributed by atoms with Gasteiger partial charge in [0.05, 0.1) is 5.92 Å². The van der Waals surface area contributed by atoms with Crippen molar-refractivity contribution in [3.8, 4) is 0 Å². The van der Waals surface area contributed by atoms with Gasteiger partial charge in [-0.15, -0.1) is 0 Å². The molecular formula is C18H24N2O2. The molecule has 2 heterocycles. The summed E-state index contributed by atoms with van der Waals surface area (Å²) in [7, 11) is 0. The van der Waals surface area contributed by atoms with Gasteiger partial charge in [-0.25, -0.2) is 0 Å². The third kappa shape index (κ3) is 3.16. The summed E-state index contributed by atoms with van der Waals surface area (Å²) in [6.07, 6.45) is 2.92. The Labute approximate surface area is 132 Å². The third-order valence-electron chi connectivity index (χ3n) is 4.81. The van der Waals surface area contributed by atoms with E-state index in [2.05, 4.69) is 6.92 Å². The molecule has 0 radical (unpaired) electrons. The fourth-order valence-electron chi connectivity index (χ4n) is 3.52. The second-order valence-corrected chi connectivity index (χ2v) is 6.63. The summed E-state index contributed by atoms with van der Waals surface area (Å²) in [6, 6.07) is 9.36. The Balaban J connectivity index is 1.64. The fourth-order valence-corrected chi connectivity index (χ4v) is 3.52. The van der Waals surface area contributed by atoms with Crippen LogP contribution in [0, 0.1) is 11.8 Å². The Morgan fingerprint density at radius 2 is 1.77 bits per heavy atom. The van der Waals surface area contributed by atoms with Crippen molar-refractivity contribution in [2.75, 3.05) is 26.2 Å². The number of hydrogen-bond donors (Lipinski definition) is 0. The Bertz CT molecular complexity index is 543. The zero-order valence-electron chi connectivity index (χ0n) is 13.2. The van der Waals surface area contributed by atoms with Gasteiger partial charge in [-0.1, -0.05) is 25.1 Å². The smallest absolute Gasteiger partial charge is 0.253 e. The number of likely N-dealkylation sites (tertiary alicyclic amines) is 2. The van der Waals surface area contributed by atoms with Crippen LogP contribution in [0.5, 0.6) is 0 Å². The quantitative estimate of drug-likeness (QED) is 0.841. The van der Waals surface area contributed by atoms with E-state index >= 15 is 0 Å². The molecule has 2 amide bonds. The minimum absolute atomic E-state index is 0.0216. The van der Waals surface area contributed by atoms with Crippen molar-refractivity contribution in [2.45, 2.75) is 26.2 Å². The zero-order chi connectivity index (χ0) is 15.5. The lowest BCUT2D eigenvalue weighted by atomic mass is 9.96. The van der Waals surface area contributed by atoms with Gasteiger partial charge in [0, 0.05) is 31.7 Å². The maximum Gasteiger partial charge on any atom is 0.253 e. The summed E-state index contributed by atoms with van der Waals surface area (Å²) >= 11 is 0. The normalized spacial score (nSPS) is 25.3. The van der Waals surface area contributed by atoms with Gasteiger partial charge in [-0.2, -0.15) is 0 Å². The number of rotatable bonds is 2. The highest BCUT2D eigenvalue weighted by Crippen LogP contribution is 2.24. The molecule has 2 fully saturated rings. The van der Waals surface area contributed by atoms with E-state index in [4.69, 9.17) is 0 Å². The highest BCUT2D eigenvalue weighted by Gasteiger charge is 2.33. The first-order valence-corrected chi connectivity index (χ1v) is 8.28. The molecule has 0 bridgehead atoms. The molecule has 4 heteroatoms. The SMILES string of the molecule is CC1CCN(C(=O)C2CCCN(C(=O)c3ccccc3)C2)C1. The average Bonchev–Trinajstić information content (AvgIpc) is 3.01. The number of benzene rings is 1. The second kappa shape index (κ2) is 6.51. The van der Waals surface area contributed by atoms with Crippen molar-refractivity contribution in [3.63, 3.8) is 0 Å². The lowest BCUT2D eigenvalue weighted by molar-refractivity contribution is -0.136. The number of hydrogen-bond acceptors (Lipinski definition) is 2. The van der Waals surface area contributed by atoms with Crippen LogP contribution in [0.25, 0.3) is 0 Å². The van der Waals surface area contributed by atoms with Crippen LogP contribution in [0.3, 0.4) is 0 Å². The minimum atomic E-state index is -0.0216. The lowest BCUT2D eigenvalue weighted by Crippen LogP contribution is -2.46. The summed E-state index contributed by atoms with van der Waals surface area (Å²) in [6.45, 7) is 5.27. The second-order valence-electron chi connectivity index (χ2n) is 6.63. The van der Waals surface area contributed by atoms with Crippen molar-refractivity contribution in [3.05, 3.63) is 35.9 Å². The molecule has 4 nitrogen and oxygen atoms in total. The Morgan fingerprint density at radius 1 is 1.00 bits per heavy atom. The van der Waals surface area contributed by atoms with Crippen LogP contribution in [0.2, 0.25) is 0 Å². The molecule has 2 aliphatic heterocycles. The summed E-state index contributed by atoms with van der Waals surface area (Å²) in [5.41, 5.74) is 0.713. The molecule has 2 aliphatic rings. The molecule has 22 heavy (non-hydrogen) atoms. The van der Waals surface area contributed by atoms with Crippen molar-refractivity contribution in [2.24, 2.45) is 11.8 Å². The maximum atomic E-state index is 12.6. The van der Waals surface area contributed by atoms with E-state index in [-0.39, 0.29) is 17.7 Å². The van der Waals surface area contributed by atoms with Crippen LogP contribution in [0.4, 0.5) is 0 Å². The van der Waals surface area contributed by atoms with Gasteiger partial charge in [-0.3, -0.25) is 9.59 Å². The first-order valence-electron chi connectivity index (χ1n) is 8.28. The van der Waals surface area contributed by atoms with E-state index in [0.717, 1.165) is 38.9 Å². The van der Waals surface area contributed by atoms with Gasteiger partial charge < -0.3 is 9.80 Å². The highest BCUT2D eigenvalue weighted by molar-refractivity contribution is 5.94. The molecule has 0 aromatic heterocycles. The van der Waals surface area contributed by atoms with E-state index in [9.17, 15) is 9.59 Å². The highest BCUT2D eigenvalue weighted by atomic mass is 16.2. The molecule has 3 rings (SSSR count). The van der Waals surface area contributed by atoms with Crippen LogP contribution < -0.4 is 0 Å². The number of piperidine rings is 1. The van der Waals surface area contributed by atoms with Crippen molar-refractivity contribution in [1.29, 1.82) is 0 Å². The summed E-state index contributed by atoms with van der Waals surface area (Å²) in [5, 5.41) is 0. The van der Waals surface area contributed by atoms with Gasteiger partial charge >= 0.3 is 0 Å². The zero-order valence-corrected chi connectivity index (χ0v) is 13.2. The van der Waals surface area contributed by atoms with Crippen molar-refractivity contribution >= 4 is 11.8 Å². The predicted molar refractivity (Wildman–Crippen MR) is 85.4 cm³/mol.